The number of ether oxygens (including phenoxy) is 2. The van der Waals surface area contributed by atoms with E-state index in [2.05, 4.69) is 40.0 Å². The molecule has 320 valence electrons. The Kier molecular flexibility index (Phi) is 13.8. The van der Waals surface area contributed by atoms with Crippen LogP contribution in [0.1, 0.15) is 75.7 Å². The lowest BCUT2D eigenvalue weighted by Gasteiger charge is -2.27. The molecule has 2 aliphatic heterocycles. The van der Waals surface area contributed by atoms with Gasteiger partial charge in [-0.1, -0.05) is 72.8 Å². The number of phenols is 1. The Morgan fingerprint density at radius 3 is 2.35 bits per heavy atom. The first kappa shape index (κ1) is 43.0. The van der Waals surface area contributed by atoms with Crippen LogP contribution in [0.4, 0.5) is 5.69 Å². The Labute approximate surface area is 359 Å². The van der Waals surface area contributed by atoms with Crippen molar-refractivity contribution in [2.24, 2.45) is 0 Å². The van der Waals surface area contributed by atoms with E-state index in [1.807, 2.05) is 54.6 Å². The summed E-state index contributed by atoms with van der Waals surface area (Å²) in [5.74, 6) is -1.35. The standard InChI is InChI=1S/C47H49N7O8/c1-3-37(31-8-5-4-6-9-31)43(32-12-17-35(55)18-13-32)33-14-19-36(20-15-33)62-29-25-52(2)42(57)23-16-34-30-53(51-50-34)26-28-61-27-24-48-39-11-7-10-38-44(39)47(60)54(46(38)59)40-21-22-41(56)49-45(40)58/h4-15,17-20,30,40,48,55H,3,16,21-29H2,1-2H3,(H,49,56,58)/b43-37-. The van der Waals surface area contributed by atoms with Gasteiger partial charge in [-0.25, -0.2) is 4.68 Å². The van der Waals surface area contributed by atoms with E-state index in [4.69, 9.17) is 9.47 Å². The fourth-order valence-corrected chi connectivity index (χ4v) is 7.62. The molecule has 1 saturated heterocycles. The maximum absolute atomic E-state index is 13.3. The predicted molar refractivity (Wildman–Crippen MR) is 231 cm³/mol. The van der Waals surface area contributed by atoms with Crippen molar-refractivity contribution in [1.29, 1.82) is 0 Å². The highest BCUT2D eigenvalue weighted by atomic mass is 16.5. The smallest absolute Gasteiger partial charge is 0.264 e. The zero-order chi connectivity index (χ0) is 43.6. The summed E-state index contributed by atoms with van der Waals surface area (Å²) < 4.78 is 13.4. The van der Waals surface area contributed by atoms with Crippen molar-refractivity contribution in [3.63, 3.8) is 0 Å². The molecule has 5 aromatic rings. The summed E-state index contributed by atoms with van der Waals surface area (Å²) in [6, 6.07) is 29.4. The average molecular weight is 840 g/mol. The summed E-state index contributed by atoms with van der Waals surface area (Å²) in [6.45, 7) is 4.30. The number of rotatable bonds is 19. The number of nitrogens with zero attached hydrogens (tertiary/aromatic N) is 5. The third-order valence-corrected chi connectivity index (χ3v) is 10.9. The van der Waals surface area contributed by atoms with E-state index in [-0.39, 0.29) is 42.0 Å². The normalized spacial score (nSPS) is 15.3. The van der Waals surface area contributed by atoms with Gasteiger partial charge in [-0.2, -0.15) is 0 Å². The number of likely N-dealkylation sites (N-methyl/N-ethyl adjacent to an activating group) is 1. The molecule has 1 fully saturated rings. The molecule has 2 aliphatic rings. The molecule has 3 heterocycles. The first-order valence-corrected chi connectivity index (χ1v) is 20.7. The van der Waals surface area contributed by atoms with Gasteiger partial charge in [0, 0.05) is 44.7 Å². The summed E-state index contributed by atoms with van der Waals surface area (Å²) in [5, 5.41) is 23.7. The number of carbonyl (C=O) groups is 5. The van der Waals surface area contributed by atoms with Crippen molar-refractivity contribution in [3.05, 3.63) is 137 Å². The molecule has 0 radical (unpaired) electrons. The van der Waals surface area contributed by atoms with Crippen molar-refractivity contribution < 1.29 is 38.6 Å². The molecule has 62 heavy (non-hydrogen) atoms. The van der Waals surface area contributed by atoms with Gasteiger partial charge in [0.2, 0.25) is 17.7 Å². The molecule has 15 nitrogen and oxygen atoms in total. The number of aryl methyl sites for hydroxylation is 1. The minimum absolute atomic E-state index is 0.0372. The predicted octanol–water partition coefficient (Wildman–Crippen LogP) is 5.35. The molecule has 15 heteroatoms. The number of allylic oxidation sites excluding steroid dienone is 1. The van der Waals surface area contributed by atoms with Crippen molar-refractivity contribution in [1.82, 2.24) is 30.1 Å². The number of imide groups is 2. The Balaban J connectivity index is 0.817. The largest absolute Gasteiger partial charge is 0.508 e. The Morgan fingerprint density at radius 2 is 1.63 bits per heavy atom. The Hall–Kier alpha value is -7.13. The summed E-state index contributed by atoms with van der Waals surface area (Å²) in [4.78, 5) is 65.9. The minimum atomic E-state index is -1.03. The van der Waals surface area contributed by atoms with Crippen LogP contribution < -0.4 is 15.4 Å². The van der Waals surface area contributed by atoms with Gasteiger partial charge >= 0.3 is 0 Å². The van der Waals surface area contributed by atoms with E-state index < -0.39 is 29.7 Å². The van der Waals surface area contributed by atoms with E-state index >= 15 is 0 Å². The number of piperidine rings is 1. The SMILES string of the molecule is CC/C(=C(\c1ccc(O)cc1)c1ccc(OCCN(C)C(=O)CCc2cn(CCOCCNc3cccc4c3C(=O)N(C3CCC(=O)NC3=O)C4=O)nn2)cc1)c1ccccc1. The molecular formula is C47H49N7O8. The van der Waals surface area contributed by atoms with Crippen LogP contribution in [0, 0.1) is 0 Å². The topological polar surface area (TPSA) is 185 Å². The quantitative estimate of drug-likeness (QED) is 0.0553. The second-order valence-corrected chi connectivity index (χ2v) is 15.0. The van der Waals surface area contributed by atoms with Crippen molar-refractivity contribution in [3.8, 4) is 11.5 Å². The molecule has 3 N–H and O–H groups in total. The molecule has 0 bridgehead atoms. The minimum Gasteiger partial charge on any atom is -0.508 e. The fraction of sp³-hybridized carbons (Fsp3) is 0.298. The van der Waals surface area contributed by atoms with Crippen molar-refractivity contribution in [2.45, 2.75) is 51.6 Å². The zero-order valence-electron chi connectivity index (χ0n) is 34.7. The number of phenolic OH excluding ortho intramolecular Hbond substituents is 1. The summed E-state index contributed by atoms with van der Waals surface area (Å²) >= 11 is 0. The fourth-order valence-electron chi connectivity index (χ4n) is 7.62. The van der Waals surface area contributed by atoms with Crippen LogP contribution in [0.2, 0.25) is 0 Å². The number of hydrogen-bond acceptors (Lipinski definition) is 11. The van der Waals surface area contributed by atoms with Crippen LogP contribution in [0.5, 0.6) is 11.5 Å². The maximum Gasteiger partial charge on any atom is 0.264 e. The van der Waals surface area contributed by atoms with E-state index in [1.54, 1.807) is 53.2 Å². The molecule has 0 spiro atoms. The van der Waals surface area contributed by atoms with E-state index in [0.29, 0.717) is 63.0 Å². The number of fused-ring (bicyclic) bond motifs is 1. The number of benzene rings is 4. The van der Waals surface area contributed by atoms with Gasteiger partial charge in [-0.15, -0.1) is 5.10 Å². The number of anilines is 1. The van der Waals surface area contributed by atoms with Crippen LogP contribution in [-0.2, 0) is 32.1 Å². The first-order valence-electron chi connectivity index (χ1n) is 20.7. The number of nitrogens with one attached hydrogen (secondary N) is 2. The molecule has 0 saturated carbocycles. The monoisotopic (exact) mass is 839 g/mol. The second-order valence-electron chi connectivity index (χ2n) is 15.0. The van der Waals surface area contributed by atoms with Crippen LogP contribution in [0.3, 0.4) is 0 Å². The van der Waals surface area contributed by atoms with Crippen molar-refractivity contribution in [2.75, 3.05) is 45.3 Å². The highest BCUT2D eigenvalue weighted by molar-refractivity contribution is 6.25. The summed E-state index contributed by atoms with van der Waals surface area (Å²) in [5.41, 5.74) is 7.00. The number of carbonyl (C=O) groups excluding carboxylic acids is 5. The third kappa shape index (κ3) is 10.1. The van der Waals surface area contributed by atoms with Gasteiger partial charge in [0.05, 0.1) is 43.1 Å². The molecule has 1 unspecified atom stereocenters. The molecule has 7 rings (SSSR count). The van der Waals surface area contributed by atoms with Gasteiger partial charge in [0.15, 0.2) is 0 Å². The lowest BCUT2D eigenvalue weighted by molar-refractivity contribution is -0.136. The van der Waals surface area contributed by atoms with Crippen LogP contribution >= 0.6 is 0 Å². The highest BCUT2D eigenvalue weighted by Crippen LogP contribution is 2.36. The molecule has 1 aromatic heterocycles. The number of aromatic hydroxyl groups is 1. The summed E-state index contributed by atoms with van der Waals surface area (Å²) in [6.07, 6.45) is 3.44. The van der Waals surface area contributed by atoms with Gasteiger partial charge in [0.25, 0.3) is 11.8 Å². The average Bonchev–Trinajstić information content (AvgIpc) is 3.84. The highest BCUT2D eigenvalue weighted by Gasteiger charge is 2.45. The van der Waals surface area contributed by atoms with Gasteiger partial charge in [-0.3, -0.25) is 34.2 Å². The third-order valence-electron chi connectivity index (χ3n) is 10.9. The van der Waals surface area contributed by atoms with Gasteiger partial charge in [0.1, 0.15) is 24.1 Å². The number of hydrogen-bond donors (Lipinski definition) is 3. The van der Waals surface area contributed by atoms with E-state index in [1.165, 1.54) is 5.57 Å². The van der Waals surface area contributed by atoms with Crippen LogP contribution in [0.15, 0.2) is 103 Å². The first-order chi connectivity index (χ1) is 30.1. The van der Waals surface area contributed by atoms with Crippen LogP contribution in [-0.4, -0.2) is 105 Å². The number of aromatic nitrogens is 3. The van der Waals surface area contributed by atoms with E-state index in [9.17, 15) is 29.1 Å². The maximum atomic E-state index is 13.3. The Bertz CT molecular complexity index is 2450. The van der Waals surface area contributed by atoms with Gasteiger partial charge < -0.3 is 24.8 Å². The van der Waals surface area contributed by atoms with E-state index in [0.717, 1.165) is 33.6 Å². The molecule has 0 aliphatic carbocycles. The van der Waals surface area contributed by atoms with Crippen molar-refractivity contribution >= 4 is 46.4 Å². The molecule has 5 amide bonds. The van der Waals surface area contributed by atoms with Gasteiger partial charge in [-0.05, 0) is 77.1 Å². The summed E-state index contributed by atoms with van der Waals surface area (Å²) in [7, 11) is 1.75. The molecular weight excluding hydrogens is 791 g/mol. The molecule has 1 atom stereocenters. The number of amides is 5. The van der Waals surface area contributed by atoms with Crippen LogP contribution in [0.25, 0.3) is 11.1 Å². The molecule has 4 aromatic carbocycles. The Morgan fingerprint density at radius 1 is 0.887 bits per heavy atom. The zero-order valence-corrected chi connectivity index (χ0v) is 34.7. The lowest BCUT2D eigenvalue weighted by atomic mass is 9.88. The lowest BCUT2D eigenvalue weighted by Crippen LogP contribution is -2.54. The second kappa shape index (κ2) is 20.0.